The van der Waals surface area contributed by atoms with Gasteiger partial charge in [0.05, 0.1) is 30.0 Å². The lowest BCUT2D eigenvalue weighted by molar-refractivity contribution is 0.102. The number of hydrogen-bond acceptors (Lipinski definition) is 6. The predicted octanol–water partition coefficient (Wildman–Crippen LogP) is 3.31. The molecule has 0 bridgehead atoms. The van der Waals surface area contributed by atoms with Gasteiger partial charge in [0.25, 0.3) is 5.91 Å². The van der Waals surface area contributed by atoms with Crippen molar-refractivity contribution in [1.29, 1.82) is 0 Å². The summed E-state index contributed by atoms with van der Waals surface area (Å²) in [5, 5.41) is 2.64. The lowest BCUT2D eigenvalue weighted by Gasteiger charge is -2.10. The molecule has 0 saturated heterocycles. The zero-order valence-corrected chi connectivity index (χ0v) is 14.3. The molecule has 0 spiro atoms. The van der Waals surface area contributed by atoms with Gasteiger partial charge >= 0.3 is 0 Å². The molecule has 0 aromatic carbocycles. The molecule has 3 heterocycles. The number of amides is 1. The number of carbonyl (C=O) groups is 1. The number of aromatic nitrogens is 3. The average Bonchev–Trinajstić information content (AvgIpc) is 2.63. The van der Waals surface area contributed by atoms with Crippen LogP contribution in [-0.4, -0.2) is 26.7 Å². The van der Waals surface area contributed by atoms with E-state index in [0.717, 1.165) is 12.3 Å². The molecule has 1 amide bonds. The first-order chi connectivity index (χ1) is 13.0. The van der Waals surface area contributed by atoms with Gasteiger partial charge < -0.3 is 15.8 Å². The topological polar surface area (TPSA) is 115 Å². The van der Waals surface area contributed by atoms with Crippen LogP contribution in [0.2, 0.25) is 0 Å². The molecule has 0 aliphatic heterocycles. The smallest absolute Gasteiger partial charge is 0.260 e. The van der Waals surface area contributed by atoms with Crippen LogP contribution in [0.15, 0.2) is 60.1 Å². The molecule has 3 aromatic heterocycles. The number of pyridine rings is 3. The van der Waals surface area contributed by atoms with E-state index in [1.165, 1.54) is 18.5 Å². The molecule has 3 N–H and O–H groups in total. The summed E-state index contributed by atoms with van der Waals surface area (Å²) in [5.74, 6) is 0.0481. The van der Waals surface area contributed by atoms with Gasteiger partial charge in [-0.25, -0.2) is 19.4 Å². The third kappa shape index (κ3) is 4.82. The Labute approximate surface area is 155 Å². The number of nitrogens with one attached hydrogen (secondary N) is 1. The largest absolute Gasteiger partial charge is 0.454 e. The van der Waals surface area contributed by atoms with E-state index >= 15 is 0 Å². The normalized spacial score (nSPS) is 11.1. The van der Waals surface area contributed by atoms with Crippen molar-refractivity contribution in [3.05, 3.63) is 66.5 Å². The zero-order valence-electron chi connectivity index (χ0n) is 14.3. The van der Waals surface area contributed by atoms with Crippen LogP contribution in [0.4, 0.5) is 16.0 Å². The van der Waals surface area contributed by atoms with Crippen molar-refractivity contribution in [2.45, 2.75) is 6.92 Å². The summed E-state index contributed by atoms with van der Waals surface area (Å²) >= 11 is 0. The van der Waals surface area contributed by atoms with E-state index in [1.54, 1.807) is 31.3 Å². The Kier molecular flexibility index (Phi) is 5.31. The quantitative estimate of drug-likeness (QED) is 0.527. The first kappa shape index (κ1) is 17.9. The Morgan fingerprint density at radius 3 is 2.74 bits per heavy atom. The predicted molar refractivity (Wildman–Crippen MR) is 99.8 cm³/mol. The molecule has 138 valence electrons. The van der Waals surface area contributed by atoms with Crippen LogP contribution in [0.25, 0.3) is 0 Å². The average molecular weight is 368 g/mol. The van der Waals surface area contributed by atoms with Crippen LogP contribution < -0.4 is 15.8 Å². The van der Waals surface area contributed by atoms with E-state index in [0.29, 0.717) is 5.82 Å². The second-order valence-corrected chi connectivity index (χ2v) is 5.41. The van der Waals surface area contributed by atoms with Gasteiger partial charge in [-0.05, 0) is 25.1 Å². The number of carbonyl (C=O) groups excluding carboxylic acids is 1. The van der Waals surface area contributed by atoms with E-state index in [1.807, 2.05) is 0 Å². The van der Waals surface area contributed by atoms with Gasteiger partial charge in [-0.15, -0.1) is 0 Å². The van der Waals surface area contributed by atoms with Gasteiger partial charge in [0.2, 0.25) is 0 Å². The highest BCUT2D eigenvalue weighted by Crippen LogP contribution is 2.26. The molecule has 0 atom stereocenters. The number of anilines is 1. The van der Waals surface area contributed by atoms with Gasteiger partial charge in [0.15, 0.2) is 5.82 Å². The van der Waals surface area contributed by atoms with Gasteiger partial charge in [-0.3, -0.25) is 9.78 Å². The summed E-state index contributed by atoms with van der Waals surface area (Å²) in [6, 6.07) is 7.70. The highest BCUT2D eigenvalue weighted by Gasteiger charge is 2.16. The molecular weight excluding hydrogens is 351 g/mol. The molecule has 8 nitrogen and oxygen atoms in total. The summed E-state index contributed by atoms with van der Waals surface area (Å²) in [4.78, 5) is 28.6. The minimum absolute atomic E-state index is 0. The minimum Gasteiger partial charge on any atom is -0.454 e. The second kappa shape index (κ2) is 8.00. The Hall–Kier alpha value is -3.88. The standard InChI is InChI=1S/C18H15FN6O2.H2/c1-11(20)24-17-15(18(26)25-16-4-2-3-5-22-16)7-14(10-23-17)27-13-6-12(19)8-21-9-13;/h2-10H,1H3,(H2,20,23,24)(H,22,25,26);1H. The first-order valence-corrected chi connectivity index (χ1v) is 7.83. The number of amidine groups is 1. The minimum atomic E-state index is -0.548. The van der Waals surface area contributed by atoms with Crippen molar-refractivity contribution in [3.63, 3.8) is 0 Å². The highest BCUT2D eigenvalue weighted by atomic mass is 19.1. The number of nitrogens with two attached hydrogens (primary N) is 1. The molecule has 0 fully saturated rings. The van der Waals surface area contributed by atoms with E-state index in [4.69, 9.17) is 10.5 Å². The highest BCUT2D eigenvalue weighted by molar-refractivity contribution is 6.07. The molecule has 9 heteroatoms. The fourth-order valence-corrected chi connectivity index (χ4v) is 2.12. The summed E-state index contributed by atoms with van der Waals surface area (Å²) in [5.41, 5.74) is 5.73. The third-order valence-electron chi connectivity index (χ3n) is 3.19. The number of rotatable bonds is 5. The summed E-state index contributed by atoms with van der Waals surface area (Å²) in [7, 11) is 0. The Bertz CT molecular complexity index is 996. The van der Waals surface area contributed by atoms with Crippen LogP contribution in [-0.2, 0) is 0 Å². The molecule has 3 rings (SSSR count). The number of ether oxygens (including phenoxy) is 1. The van der Waals surface area contributed by atoms with Crippen molar-refractivity contribution in [2.24, 2.45) is 10.7 Å². The number of hydrogen-bond donors (Lipinski definition) is 2. The molecule has 0 aliphatic carbocycles. The zero-order chi connectivity index (χ0) is 19.2. The Balaban J connectivity index is 0.00000280. The number of halogens is 1. The maximum atomic E-state index is 13.3. The maximum Gasteiger partial charge on any atom is 0.260 e. The summed E-state index contributed by atoms with van der Waals surface area (Å²) < 4.78 is 18.8. The monoisotopic (exact) mass is 368 g/mol. The van der Waals surface area contributed by atoms with Gasteiger partial charge in [-0.1, -0.05) is 6.07 Å². The lowest BCUT2D eigenvalue weighted by atomic mass is 10.2. The van der Waals surface area contributed by atoms with Crippen LogP contribution in [0.3, 0.4) is 0 Å². The molecule has 0 unspecified atom stereocenters. The van der Waals surface area contributed by atoms with Crippen LogP contribution in [0.1, 0.15) is 18.7 Å². The molecule has 0 aliphatic rings. The van der Waals surface area contributed by atoms with Gasteiger partial charge in [-0.2, -0.15) is 0 Å². The number of nitrogens with zero attached hydrogens (tertiary/aromatic N) is 4. The Morgan fingerprint density at radius 2 is 2.04 bits per heavy atom. The SMILES string of the molecule is C/C(N)=N/c1ncc(Oc2cncc(F)c2)cc1C(=O)Nc1ccccn1.[HH]. The van der Waals surface area contributed by atoms with E-state index < -0.39 is 11.7 Å². The molecule has 3 aromatic rings. The summed E-state index contributed by atoms with van der Waals surface area (Å²) in [6.45, 7) is 1.57. The van der Waals surface area contributed by atoms with Crippen molar-refractivity contribution in [2.75, 3.05) is 5.32 Å². The van der Waals surface area contributed by atoms with Crippen LogP contribution in [0, 0.1) is 5.82 Å². The molecule has 27 heavy (non-hydrogen) atoms. The lowest BCUT2D eigenvalue weighted by Crippen LogP contribution is -2.14. The van der Waals surface area contributed by atoms with Crippen molar-refractivity contribution >= 4 is 23.4 Å². The number of aliphatic imine (C=N–C) groups is 1. The van der Waals surface area contributed by atoms with E-state index in [9.17, 15) is 9.18 Å². The van der Waals surface area contributed by atoms with Crippen LogP contribution >= 0.6 is 0 Å². The second-order valence-electron chi connectivity index (χ2n) is 5.41. The van der Waals surface area contributed by atoms with Crippen molar-refractivity contribution in [1.82, 2.24) is 15.0 Å². The third-order valence-corrected chi connectivity index (χ3v) is 3.19. The summed E-state index contributed by atoms with van der Waals surface area (Å²) in [6.07, 6.45) is 5.29. The molecule has 0 radical (unpaired) electrons. The molecule has 0 saturated carbocycles. The first-order valence-electron chi connectivity index (χ1n) is 7.83. The van der Waals surface area contributed by atoms with Gasteiger partial charge in [0, 0.05) is 13.7 Å². The fraction of sp³-hybridized carbons (Fsp3) is 0.0556. The molecular formula is C18H17FN6O2. The van der Waals surface area contributed by atoms with Crippen molar-refractivity contribution in [3.8, 4) is 11.5 Å². The van der Waals surface area contributed by atoms with Crippen molar-refractivity contribution < 1.29 is 15.3 Å². The fourth-order valence-electron chi connectivity index (χ4n) is 2.12. The van der Waals surface area contributed by atoms with Gasteiger partial charge in [0.1, 0.15) is 23.1 Å². The van der Waals surface area contributed by atoms with E-state index in [2.05, 4.69) is 25.3 Å². The maximum absolute atomic E-state index is 13.3. The van der Waals surface area contributed by atoms with Crippen LogP contribution in [0.5, 0.6) is 11.5 Å². The Morgan fingerprint density at radius 1 is 1.22 bits per heavy atom. The van der Waals surface area contributed by atoms with E-state index in [-0.39, 0.29) is 30.1 Å².